The highest BCUT2D eigenvalue weighted by Gasteiger charge is 2.49. The second-order valence-electron chi connectivity index (χ2n) is 10.2. The Balaban J connectivity index is 0.977. The van der Waals surface area contributed by atoms with Crippen molar-refractivity contribution in [2.75, 3.05) is 25.6 Å². The number of alkyl halides is 2. The molecule has 10 atom stereocenters. The lowest BCUT2D eigenvalue weighted by Gasteiger charge is -2.18. The Morgan fingerprint density at radius 1 is 1.07 bits per heavy atom. The topological polar surface area (TPSA) is 206 Å². The Bertz CT molecular complexity index is 1880. The quantitative estimate of drug-likeness (QED) is 0.0763. The van der Waals surface area contributed by atoms with Gasteiger partial charge in [-0.05, 0) is 12.9 Å². The molecule has 0 amide bonds. The van der Waals surface area contributed by atoms with E-state index in [1.54, 1.807) is 6.20 Å². The summed E-state index contributed by atoms with van der Waals surface area (Å²) in [6.45, 7) is -0.279. The van der Waals surface area contributed by atoms with Gasteiger partial charge in [0.1, 0.15) is 12.4 Å². The van der Waals surface area contributed by atoms with Gasteiger partial charge < -0.3 is 37.9 Å². The second-order valence-corrected chi connectivity index (χ2v) is 11.4. The maximum absolute atomic E-state index is 15.7. The van der Waals surface area contributed by atoms with Crippen molar-refractivity contribution in [3.05, 3.63) is 35.4 Å². The van der Waals surface area contributed by atoms with Crippen LogP contribution < -0.4 is 11.3 Å². The van der Waals surface area contributed by atoms with E-state index in [0.29, 0.717) is 0 Å². The van der Waals surface area contributed by atoms with Gasteiger partial charge in [0.25, 0.3) is 5.56 Å². The number of halogens is 2. The maximum Gasteiger partial charge on any atom is 0.287 e. The van der Waals surface area contributed by atoms with Crippen LogP contribution in [0.1, 0.15) is 12.5 Å². The van der Waals surface area contributed by atoms with Gasteiger partial charge in [-0.3, -0.25) is 13.8 Å². The zero-order valence-electron chi connectivity index (χ0n) is 22.8. The van der Waals surface area contributed by atoms with E-state index in [1.807, 2.05) is 0 Å². The smallest absolute Gasteiger partial charge is 0.287 e. The first-order chi connectivity index (χ1) is 21.9. The zero-order valence-corrected chi connectivity index (χ0v) is 25.8. The largest absolute Gasteiger partial charge is 0.382 e. The minimum Gasteiger partial charge on any atom is -0.382 e. The first-order valence-electron chi connectivity index (χ1n) is 13.3. The third kappa shape index (κ3) is 5.35. The Hall–Kier alpha value is -3.00. The molecule has 2 fully saturated rings. The fraction of sp³-hybridized carbons (Fsp3) is 0.500. The number of H-pyrrole nitrogens is 1. The van der Waals surface area contributed by atoms with Crippen LogP contribution in [0.4, 0.5) is 14.6 Å². The van der Waals surface area contributed by atoms with Crippen LogP contribution in [0.5, 0.6) is 0 Å². The number of rotatable bonds is 11. The van der Waals surface area contributed by atoms with E-state index in [-0.39, 0.29) is 53.7 Å². The molecule has 7 heterocycles. The number of ether oxygens (including phenoxy) is 2. The monoisotopic (exact) mass is 687 g/mol. The molecule has 5 aromatic heterocycles. The lowest BCUT2D eigenvalue weighted by Crippen LogP contribution is -2.30. The predicted octanol–water partition coefficient (Wildman–Crippen LogP) is 0.855. The van der Waals surface area contributed by atoms with Gasteiger partial charge >= 0.3 is 0 Å². The van der Waals surface area contributed by atoms with Crippen molar-refractivity contribution in [3.8, 4) is 0 Å². The Morgan fingerprint density at radius 2 is 1.89 bits per heavy atom. The highest BCUT2D eigenvalue weighted by Crippen LogP contribution is 2.40. The van der Waals surface area contributed by atoms with Gasteiger partial charge in [0.05, 0.1) is 32.3 Å². The van der Waals surface area contributed by atoms with Crippen LogP contribution in [-0.2, 0) is 27.2 Å². The number of nitrogens with one attached hydrogen (secondary N) is 1. The number of imidazole rings is 2. The molecule has 0 aromatic carbocycles. The summed E-state index contributed by atoms with van der Waals surface area (Å²) in [6.07, 6.45) is -2.79. The van der Waals surface area contributed by atoms with E-state index in [4.69, 9.17) is 33.0 Å². The average molecular weight is 688 g/mol. The summed E-state index contributed by atoms with van der Waals surface area (Å²) in [5, 5.41) is 7.90. The number of thiol groups is 1. The molecule has 5 aromatic rings. The molecule has 7 rings (SSSR count). The van der Waals surface area contributed by atoms with Gasteiger partial charge in [-0.1, -0.05) is 5.21 Å². The van der Waals surface area contributed by atoms with Crippen LogP contribution in [0.15, 0.2) is 29.8 Å². The SMILES string of the molecule is Nc1ncnc2c1nnn2[C@@H]1O[C@H](COP)[C@@H](COPOC[C@H]2O[C@@H](n3cnc4c(=O)n5cc[nH]c5nc43)[C@H](OS)[C@@H]2F)[C@@H]1F. The molecule has 0 saturated carbocycles. The van der Waals surface area contributed by atoms with E-state index in [0.717, 1.165) is 0 Å². The summed E-state index contributed by atoms with van der Waals surface area (Å²) < 4.78 is 68.2. The van der Waals surface area contributed by atoms with Crippen LogP contribution in [0, 0.1) is 5.92 Å². The average Bonchev–Trinajstić information content (AvgIpc) is 3.86. The van der Waals surface area contributed by atoms with Gasteiger partial charge in [0.2, 0.25) is 5.78 Å². The van der Waals surface area contributed by atoms with Crippen molar-refractivity contribution in [1.29, 1.82) is 0 Å². The molecule has 2 unspecified atom stereocenters. The minimum atomic E-state index is -1.66. The number of nitrogen functional groups attached to an aromatic ring is 1. The molecular weight excluding hydrogens is 662 g/mol. The number of nitrogens with two attached hydrogens (primary N) is 1. The molecule has 0 radical (unpaired) electrons. The summed E-state index contributed by atoms with van der Waals surface area (Å²) in [4.78, 5) is 32.1. The summed E-state index contributed by atoms with van der Waals surface area (Å²) in [5.74, 6) is -0.392. The third-order valence-electron chi connectivity index (χ3n) is 7.63. The van der Waals surface area contributed by atoms with Crippen LogP contribution in [0.3, 0.4) is 0 Å². The van der Waals surface area contributed by atoms with Crippen molar-refractivity contribution >= 4 is 65.3 Å². The van der Waals surface area contributed by atoms with Gasteiger partial charge in [-0.15, -0.1) is 5.10 Å². The lowest BCUT2D eigenvalue weighted by molar-refractivity contribution is -0.0414. The molecule has 18 nitrogen and oxygen atoms in total. The van der Waals surface area contributed by atoms with Crippen LogP contribution in [0.2, 0.25) is 0 Å². The number of aromatic nitrogens is 10. The van der Waals surface area contributed by atoms with Gasteiger partial charge in [0, 0.05) is 27.8 Å². The lowest BCUT2D eigenvalue weighted by atomic mass is 10.0. The molecule has 2 saturated heterocycles. The van der Waals surface area contributed by atoms with Gasteiger partial charge in [-0.2, -0.15) is 9.67 Å². The number of fused-ring (bicyclic) bond motifs is 3. The summed E-state index contributed by atoms with van der Waals surface area (Å²) in [6, 6.07) is 0. The van der Waals surface area contributed by atoms with Gasteiger partial charge in [0.15, 0.2) is 68.1 Å². The minimum absolute atomic E-state index is 0.0506. The molecule has 2 aliphatic heterocycles. The van der Waals surface area contributed by atoms with Crippen LogP contribution in [-0.4, -0.2) is 99.4 Å². The zero-order chi connectivity index (χ0) is 31.2. The molecule has 0 bridgehead atoms. The molecule has 3 N–H and O–H groups in total. The molecular formula is C22H25F2N11O7P2S. The van der Waals surface area contributed by atoms with E-state index in [1.165, 1.54) is 32.5 Å². The van der Waals surface area contributed by atoms with E-state index >= 15 is 8.78 Å². The number of anilines is 1. The van der Waals surface area contributed by atoms with E-state index in [9.17, 15) is 4.79 Å². The van der Waals surface area contributed by atoms with Crippen molar-refractivity contribution < 1.29 is 36.0 Å². The van der Waals surface area contributed by atoms with Crippen molar-refractivity contribution in [1.82, 2.24) is 48.9 Å². The number of hydrogen-bond donors (Lipinski definition) is 3. The summed E-state index contributed by atoms with van der Waals surface area (Å²) in [5.41, 5.74) is 6.11. The Morgan fingerprint density at radius 3 is 2.71 bits per heavy atom. The summed E-state index contributed by atoms with van der Waals surface area (Å²) in [7, 11) is 1.51. The molecule has 23 heteroatoms. The first kappa shape index (κ1) is 30.6. The summed E-state index contributed by atoms with van der Waals surface area (Å²) >= 11 is 3.84. The van der Waals surface area contributed by atoms with E-state index < -0.39 is 63.6 Å². The van der Waals surface area contributed by atoms with Crippen molar-refractivity contribution in [3.63, 3.8) is 0 Å². The van der Waals surface area contributed by atoms with E-state index in [2.05, 4.69) is 57.6 Å². The standard InChI is InChI=1S/C22H25F2N11O7P2S/c23-11-8(9(4-37-43)40-20(11)35-17-13(31-32-35)16(25)27-6-28-17)3-38-44-39-5-10-12(24)15(42-45)21(41-10)34-7-29-14-18(34)30-22-26-1-2-33(22)19(14)36/h1-2,6-12,15,20-21,44-45H,3-5,43H2,(H,26,30)(H2,25,27,28)/t8-,9-,10-,11+,12-,15-,20-,21-/m1/s1. The fourth-order valence-electron chi connectivity index (χ4n) is 5.42. The highest BCUT2D eigenvalue weighted by molar-refractivity contribution is 7.75. The Kier molecular flexibility index (Phi) is 8.62. The fourth-order valence-corrected chi connectivity index (χ4v) is 6.41. The normalized spacial score (nSPS) is 29.0. The maximum atomic E-state index is 15.7. The van der Waals surface area contributed by atoms with Crippen LogP contribution >= 0.6 is 31.4 Å². The predicted molar refractivity (Wildman–Crippen MR) is 157 cm³/mol. The number of hydrogen-bond acceptors (Lipinski definition) is 15. The van der Waals surface area contributed by atoms with Crippen LogP contribution in [0.25, 0.3) is 28.1 Å². The van der Waals surface area contributed by atoms with Gasteiger partial charge in [-0.25, -0.2) is 23.7 Å². The number of aromatic amines is 1. The van der Waals surface area contributed by atoms with Crippen molar-refractivity contribution in [2.24, 2.45) is 5.92 Å². The third-order valence-corrected chi connectivity index (χ3v) is 8.64. The first-order valence-corrected chi connectivity index (χ1v) is 15.0. The highest BCUT2D eigenvalue weighted by atomic mass is 32.1. The second kappa shape index (κ2) is 12.7. The molecule has 0 aliphatic carbocycles. The molecule has 240 valence electrons. The Labute approximate surface area is 260 Å². The number of nitrogens with zero attached hydrogens (tertiary/aromatic N) is 9. The molecule has 2 aliphatic rings. The molecule has 45 heavy (non-hydrogen) atoms. The molecule has 0 spiro atoms. The van der Waals surface area contributed by atoms with Crippen molar-refractivity contribution in [2.45, 2.75) is 43.1 Å².